The van der Waals surface area contributed by atoms with Gasteiger partial charge in [0.2, 0.25) is 17.7 Å². The lowest BCUT2D eigenvalue weighted by Gasteiger charge is -2.33. The van der Waals surface area contributed by atoms with Crippen molar-refractivity contribution in [1.29, 1.82) is 0 Å². The number of carboxylic acid groups (broad SMARTS) is 2. The Kier molecular flexibility index (Phi) is 20.2. The van der Waals surface area contributed by atoms with Crippen LogP contribution in [0.5, 0.6) is 0 Å². The van der Waals surface area contributed by atoms with Crippen molar-refractivity contribution in [2.45, 2.75) is 123 Å². The lowest BCUT2D eigenvalue weighted by Crippen LogP contribution is -2.59. The average molecular weight is 896 g/mol. The number of aliphatic carboxylic acids is 2. The molecule has 1 aliphatic heterocycles. The number of carboxylic acids is 2. The van der Waals surface area contributed by atoms with Crippen LogP contribution in [0.1, 0.15) is 91.3 Å². The predicted molar refractivity (Wildman–Crippen MR) is 229 cm³/mol. The Morgan fingerprint density at radius 2 is 1.38 bits per heavy atom. The van der Waals surface area contributed by atoms with Crippen LogP contribution >= 0.6 is 0 Å². The van der Waals surface area contributed by atoms with E-state index in [2.05, 4.69) is 26.7 Å². The highest BCUT2D eigenvalue weighted by molar-refractivity contribution is 5.96. The van der Waals surface area contributed by atoms with Crippen LogP contribution in [0, 0.1) is 11.8 Å². The Labute approximate surface area is 372 Å². The first-order valence-corrected chi connectivity index (χ1v) is 21.2. The Bertz CT molecular complexity index is 1940. The molecule has 0 spiro atoms. The fraction of sp³-hybridized carbons (Fsp3) is 0.523. The monoisotopic (exact) mass is 895 g/mol. The number of hydrogen-bond acceptors (Lipinski definition) is 11. The SMILES string of the molecule is CC[C@@H](C)[C@H](OC(=O)[C@@H](CC(=O)O)NC(=O)[C@H](CC(=O)O)NC(C)=O)C(=O)N[C@H](C(=O)N1C[C@H](OCc2ccccc2)C[C@@H]1C(=O)NN(CC)C(=O)N[C@@H](C)c1ccccc1)C(C)C. The fourth-order valence-corrected chi connectivity index (χ4v) is 6.81. The van der Waals surface area contributed by atoms with Crippen LogP contribution in [0.2, 0.25) is 0 Å². The number of hydrazine groups is 1. The van der Waals surface area contributed by atoms with Gasteiger partial charge < -0.3 is 45.9 Å². The third-order valence-corrected chi connectivity index (χ3v) is 10.6. The van der Waals surface area contributed by atoms with E-state index in [0.717, 1.165) is 23.1 Å². The van der Waals surface area contributed by atoms with Crippen LogP contribution in [0.15, 0.2) is 60.7 Å². The van der Waals surface area contributed by atoms with E-state index in [4.69, 9.17) is 9.47 Å². The molecule has 7 amide bonds. The average Bonchev–Trinajstić information content (AvgIpc) is 3.69. The van der Waals surface area contributed by atoms with Crippen LogP contribution in [-0.4, -0.2) is 123 Å². The van der Waals surface area contributed by atoms with E-state index in [9.17, 15) is 53.4 Å². The first kappa shape index (κ1) is 51.8. The molecule has 0 unspecified atom stereocenters. The quantitative estimate of drug-likeness (QED) is 0.0659. The molecule has 8 atom stereocenters. The molecular formula is C44H61N7O13. The number of nitrogens with zero attached hydrogens (tertiary/aromatic N) is 2. The summed E-state index contributed by atoms with van der Waals surface area (Å²) in [6.07, 6.45) is -3.88. The van der Waals surface area contributed by atoms with Gasteiger partial charge in [0.1, 0.15) is 24.2 Å². The molecule has 1 fully saturated rings. The van der Waals surface area contributed by atoms with Gasteiger partial charge in [0.25, 0.3) is 11.8 Å². The summed E-state index contributed by atoms with van der Waals surface area (Å²) >= 11 is 0. The molecule has 0 aromatic heterocycles. The molecule has 350 valence electrons. The molecule has 7 N–H and O–H groups in total. The largest absolute Gasteiger partial charge is 0.481 e. The number of rotatable bonds is 22. The summed E-state index contributed by atoms with van der Waals surface area (Å²) < 4.78 is 11.7. The predicted octanol–water partition coefficient (Wildman–Crippen LogP) is 2.03. The molecule has 0 aliphatic carbocycles. The van der Waals surface area contributed by atoms with E-state index in [-0.39, 0.29) is 32.5 Å². The number of ether oxygens (including phenoxy) is 2. The maximum atomic E-state index is 14.6. The smallest absolute Gasteiger partial charge is 0.336 e. The van der Waals surface area contributed by atoms with Crippen LogP contribution in [0.25, 0.3) is 0 Å². The molecule has 0 saturated carbocycles. The first-order valence-electron chi connectivity index (χ1n) is 21.2. The Hall–Kier alpha value is -6.57. The van der Waals surface area contributed by atoms with Crippen molar-refractivity contribution in [3.63, 3.8) is 0 Å². The molecule has 3 rings (SSSR count). The topological polar surface area (TPSA) is 279 Å². The van der Waals surface area contributed by atoms with E-state index < -0.39 is 121 Å². The van der Waals surface area contributed by atoms with Gasteiger partial charge in [-0.1, -0.05) is 88.4 Å². The van der Waals surface area contributed by atoms with Crippen molar-refractivity contribution in [3.05, 3.63) is 71.8 Å². The Morgan fingerprint density at radius 3 is 1.92 bits per heavy atom. The highest BCUT2D eigenvalue weighted by Gasteiger charge is 2.45. The van der Waals surface area contributed by atoms with Crippen LogP contribution in [0.3, 0.4) is 0 Å². The number of hydrogen-bond donors (Lipinski definition) is 7. The van der Waals surface area contributed by atoms with E-state index in [1.54, 1.807) is 41.5 Å². The number of nitrogens with one attached hydrogen (secondary N) is 5. The van der Waals surface area contributed by atoms with Crippen LogP contribution in [-0.2, 0) is 54.4 Å². The van der Waals surface area contributed by atoms with Gasteiger partial charge in [-0.25, -0.2) is 14.6 Å². The highest BCUT2D eigenvalue weighted by atomic mass is 16.6. The Morgan fingerprint density at radius 1 is 0.781 bits per heavy atom. The lowest BCUT2D eigenvalue weighted by atomic mass is 9.98. The number of likely N-dealkylation sites (tertiary alicyclic amines) is 1. The summed E-state index contributed by atoms with van der Waals surface area (Å²) in [5, 5.41) is 29.7. The van der Waals surface area contributed by atoms with Gasteiger partial charge in [-0.2, -0.15) is 0 Å². The molecular weight excluding hydrogens is 835 g/mol. The zero-order chi connectivity index (χ0) is 47.7. The zero-order valence-electron chi connectivity index (χ0n) is 37.2. The van der Waals surface area contributed by atoms with Crippen molar-refractivity contribution in [2.75, 3.05) is 13.1 Å². The minimum absolute atomic E-state index is 0.0435. The zero-order valence-corrected chi connectivity index (χ0v) is 37.2. The molecule has 1 heterocycles. The lowest BCUT2D eigenvalue weighted by molar-refractivity contribution is -0.164. The number of urea groups is 1. The van der Waals surface area contributed by atoms with Crippen molar-refractivity contribution in [2.24, 2.45) is 11.8 Å². The van der Waals surface area contributed by atoms with Crippen molar-refractivity contribution < 1.29 is 62.8 Å². The molecule has 64 heavy (non-hydrogen) atoms. The molecule has 1 aliphatic rings. The molecule has 0 radical (unpaired) electrons. The van der Waals surface area contributed by atoms with Gasteiger partial charge >= 0.3 is 23.9 Å². The van der Waals surface area contributed by atoms with Gasteiger partial charge in [0.05, 0.1) is 31.6 Å². The minimum Gasteiger partial charge on any atom is -0.481 e. The maximum absolute atomic E-state index is 14.6. The molecule has 20 heteroatoms. The second-order valence-corrected chi connectivity index (χ2v) is 15.9. The van der Waals surface area contributed by atoms with Gasteiger partial charge in [0.15, 0.2) is 6.10 Å². The van der Waals surface area contributed by atoms with Gasteiger partial charge in [-0.15, -0.1) is 0 Å². The van der Waals surface area contributed by atoms with E-state index in [1.807, 2.05) is 60.7 Å². The van der Waals surface area contributed by atoms with Gasteiger partial charge in [-0.05, 0) is 37.3 Å². The third kappa shape index (κ3) is 15.7. The Balaban J connectivity index is 1.87. The number of carbonyl (C=O) groups is 9. The minimum atomic E-state index is -1.92. The van der Waals surface area contributed by atoms with Crippen molar-refractivity contribution in [3.8, 4) is 0 Å². The third-order valence-electron chi connectivity index (χ3n) is 10.6. The summed E-state index contributed by atoms with van der Waals surface area (Å²) in [5.41, 5.74) is 4.34. The maximum Gasteiger partial charge on any atom is 0.336 e. The second-order valence-electron chi connectivity index (χ2n) is 15.9. The molecule has 2 aromatic carbocycles. The van der Waals surface area contributed by atoms with Crippen LogP contribution < -0.4 is 26.7 Å². The highest BCUT2D eigenvalue weighted by Crippen LogP contribution is 2.25. The first-order chi connectivity index (χ1) is 30.2. The summed E-state index contributed by atoms with van der Waals surface area (Å²) in [7, 11) is 0. The van der Waals surface area contributed by atoms with Crippen molar-refractivity contribution in [1.82, 2.24) is 36.6 Å². The number of benzene rings is 2. The standard InChI is InChI=1S/C44H61N7O13/c1-8-26(5)38(64-43(61)33(22-36(55)56)47-39(57)32(21-35(53)54)46-28(7)52)41(59)48-37(25(3)4)42(60)50-23-31(63-24-29-16-12-10-13-17-29)20-34(50)40(58)49-51(9-2)44(62)45-27(6)30-18-14-11-15-19-30/h10-19,25-27,31-34,37-38H,8-9,20-24H2,1-7H3,(H,45,62)(H,46,52)(H,47,57)(H,48,59)(H,49,58)(H,53,54)(H,55,56)/t26-,27+,31-,32+,33-,34-,37+,38+/m1/s1. The van der Waals surface area contributed by atoms with E-state index in [1.165, 1.54) is 4.90 Å². The van der Waals surface area contributed by atoms with E-state index >= 15 is 0 Å². The molecule has 2 aromatic rings. The summed E-state index contributed by atoms with van der Waals surface area (Å²) in [4.78, 5) is 119. The second kappa shape index (κ2) is 24.9. The molecule has 0 bridgehead atoms. The van der Waals surface area contributed by atoms with Crippen LogP contribution in [0.4, 0.5) is 4.79 Å². The number of amides is 7. The van der Waals surface area contributed by atoms with Gasteiger partial charge in [-0.3, -0.25) is 39.0 Å². The summed E-state index contributed by atoms with van der Waals surface area (Å²) in [5.74, 6) is -9.93. The number of carbonyl (C=O) groups excluding carboxylic acids is 7. The summed E-state index contributed by atoms with van der Waals surface area (Å²) in [6.45, 7) is 11.2. The van der Waals surface area contributed by atoms with E-state index in [0.29, 0.717) is 0 Å². The fourth-order valence-electron chi connectivity index (χ4n) is 6.81. The molecule has 20 nitrogen and oxygen atoms in total. The molecule has 1 saturated heterocycles. The van der Waals surface area contributed by atoms with Gasteiger partial charge in [0, 0.05) is 32.4 Å². The normalized spacial score (nSPS) is 17.3. The van der Waals surface area contributed by atoms with Crippen molar-refractivity contribution >= 4 is 53.5 Å². The number of esters is 1. The summed E-state index contributed by atoms with van der Waals surface area (Å²) in [6, 6.07) is 11.4.